The lowest BCUT2D eigenvalue weighted by Crippen LogP contribution is -2.31. The molecule has 1 aliphatic carbocycles. The highest BCUT2D eigenvalue weighted by Crippen LogP contribution is 2.30. The van der Waals surface area contributed by atoms with Crippen molar-refractivity contribution in [3.05, 3.63) is 76.4 Å². The number of hydrogen-bond acceptors (Lipinski definition) is 6. The van der Waals surface area contributed by atoms with Crippen molar-refractivity contribution < 1.29 is 23.9 Å². The van der Waals surface area contributed by atoms with Gasteiger partial charge in [-0.2, -0.15) is 0 Å². The molecular formula is C28H31NO5. The second kappa shape index (κ2) is 12.0. The third-order valence-corrected chi connectivity index (χ3v) is 5.60. The predicted molar refractivity (Wildman–Crippen MR) is 133 cm³/mol. The number of nitrogens with zero attached hydrogens (tertiary/aromatic N) is 1. The third kappa shape index (κ3) is 7.44. The molecule has 1 aliphatic rings. The molecule has 0 radical (unpaired) electrons. The summed E-state index contributed by atoms with van der Waals surface area (Å²) in [6.07, 6.45) is 5.41. The number of carbonyl (C=O) groups is 3. The molecule has 1 saturated carbocycles. The lowest BCUT2D eigenvalue weighted by Gasteiger charge is -2.24. The van der Waals surface area contributed by atoms with E-state index in [1.165, 1.54) is 19.4 Å². The van der Waals surface area contributed by atoms with E-state index in [-0.39, 0.29) is 30.9 Å². The Labute approximate surface area is 200 Å². The molecule has 0 amide bonds. The maximum absolute atomic E-state index is 12.9. The second-order valence-electron chi connectivity index (χ2n) is 8.34. The van der Waals surface area contributed by atoms with Crippen molar-refractivity contribution in [2.75, 3.05) is 31.2 Å². The largest absolute Gasteiger partial charge is 0.464 e. The first-order chi connectivity index (χ1) is 16.3. The summed E-state index contributed by atoms with van der Waals surface area (Å²) in [5.74, 6) is -0.563. The predicted octanol–water partition coefficient (Wildman–Crippen LogP) is 4.76. The summed E-state index contributed by atoms with van der Waals surface area (Å²) in [7, 11) is 0. The van der Waals surface area contributed by atoms with Gasteiger partial charge in [-0.15, -0.1) is 0 Å². The van der Waals surface area contributed by atoms with Gasteiger partial charge in [0, 0.05) is 30.7 Å². The minimum Gasteiger partial charge on any atom is -0.464 e. The van der Waals surface area contributed by atoms with Crippen molar-refractivity contribution in [1.82, 2.24) is 0 Å². The number of aryl methyl sites for hydroxylation is 1. The van der Waals surface area contributed by atoms with E-state index in [9.17, 15) is 14.4 Å². The van der Waals surface area contributed by atoms with Gasteiger partial charge in [0.2, 0.25) is 0 Å². The summed E-state index contributed by atoms with van der Waals surface area (Å²) < 4.78 is 10.1. The van der Waals surface area contributed by atoms with Gasteiger partial charge in [-0.05, 0) is 55.2 Å². The van der Waals surface area contributed by atoms with Crippen molar-refractivity contribution in [3.63, 3.8) is 0 Å². The van der Waals surface area contributed by atoms with Gasteiger partial charge in [0.05, 0.1) is 13.1 Å². The Morgan fingerprint density at radius 2 is 1.24 bits per heavy atom. The summed E-state index contributed by atoms with van der Waals surface area (Å²) in [5, 5.41) is 0. The molecule has 0 unspecified atom stereocenters. The average molecular weight is 462 g/mol. The molecule has 0 aliphatic heterocycles. The zero-order valence-electron chi connectivity index (χ0n) is 20.0. The molecular weight excluding hydrogens is 430 g/mol. The number of ether oxygens (including phenoxy) is 2. The second-order valence-corrected chi connectivity index (χ2v) is 8.34. The molecule has 0 bridgehead atoms. The quantitative estimate of drug-likeness (QED) is 0.396. The van der Waals surface area contributed by atoms with Crippen LogP contribution in [0.2, 0.25) is 0 Å². The fraction of sp³-hybridized carbons (Fsp3) is 0.321. The van der Waals surface area contributed by atoms with Crippen molar-refractivity contribution >= 4 is 35.6 Å². The molecule has 0 N–H and O–H groups in total. The van der Waals surface area contributed by atoms with E-state index in [0.29, 0.717) is 13.1 Å². The fourth-order valence-electron chi connectivity index (χ4n) is 3.79. The molecule has 0 aromatic heterocycles. The Balaban J connectivity index is 1.68. The first-order valence-electron chi connectivity index (χ1n) is 11.5. The maximum atomic E-state index is 12.9. The lowest BCUT2D eigenvalue weighted by atomic mass is 10.1. The standard InChI is InChI=1S/C28H31NO5/c1-20-4-6-23(7-5-20)18-25-10-11-26(28(25)32)19-24-8-12-27(13-9-24)29(14-16-33-21(2)30)15-17-34-22(3)31/h4-9,12-13,18-19H,10-11,14-17H2,1-3H3/b25-18+,26-19+. The summed E-state index contributed by atoms with van der Waals surface area (Å²) >= 11 is 0. The van der Waals surface area contributed by atoms with E-state index < -0.39 is 0 Å². The van der Waals surface area contributed by atoms with Crippen molar-refractivity contribution in [2.24, 2.45) is 0 Å². The lowest BCUT2D eigenvalue weighted by molar-refractivity contribution is -0.141. The topological polar surface area (TPSA) is 72.9 Å². The molecule has 178 valence electrons. The molecule has 34 heavy (non-hydrogen) atoms. The Kier molecular flexibility index (Phi) is 8.79. The van der Waals surface area contributed by atoms with Gasteiger partial charge in [0.25, 0.3) is 0 Å². The van der Waals surface area contributed by atoms with E-state index in [0.717, 1.165) is 40.8 Å². The highest BCUT2D eigenvalue weighted by atomic mass is 16.5. The van der Waals surface area contributed by atoms with Crippen LogP contribution in [0.4, 0.5) is 5.69 Å². The van der Waals surface area contributed by atoms with Gasteiger partial charge in [0.15, 0.2) is 5.78 Å². The summed E-state index contributed by atoms with van der Waals surface area (Å²) in [6, 6.07) is 16.0. The van der Waals surface area contributed by atoms with Crippen LogP contribution in [-0.4, -0.2) is 44.0 Å². The first-order valence-corrected chi connectivity index (χ1v) is 11.5. The van der Waals surface area contributed by atoms with Crippen LogP contribution >= 0.6 is 0 Å². The van der Waals surface area contributed by atoms with Crippen molar-refractivity contribution in [3.8, 4) is 0 Å². The highest BCUT2D eigenvalue weighted by molar-refractivity contribution is 6.15. The molecule has 3 rings (SSSR count). The van der Waals surface area contributed by atoms with Crippen LogP contribution in [0.1, 0.15) is 43.4 Å². The van der Waals surface area contributed by atoms with Gasteiger partial charge < -0.3 is 14.4 Å². The van der Waals surface area contributed by atoms with Gasteiger partial charge in [-0.1, -0.05) is 42.0 Å². The molecule has 0 saturated heterocycles. The first kappa shape index (κ1) is 25.0. The number of carbonyl (C=O) groups excluding carboxylic acids is 3. The van der Waals surface area contributed by atoms with Gasteiger partial charge in [-0.25, -0.2) is 0 Å². The van der Waals surface area contributed by atoms with Crippen LogP contribution in [0.3, 0.4) is 0 Å². The van der Waals surface area contributed by atoms with Crippen LogP contribution in [-0.2, 0) is 23.9 Å². The number of benzene rings is 2. The average Bonchev–Trinajstić information content (AvgIpc) is 3.13. The Morgan fingerprint density at radius 1 is 0.794 bits per heavy atom. The van der Waals surface area contributed by atoms with Gasteiger partial charge >= 0.3 is 11.9 Å². The number of hydrogen-bond donors (Lipinski definition) is 0. The normalized spacial score (nSPS) is 15.6. The van der Waals surface area contributed by atoms with E-state index in [2.05, 4.69) is 0 Å². The summed E-state index contributed by atoms with van der Waals surface area (Å²) in [6.45, 7) is 6.23. The number of anilines is 1. The summed E-state index contributed by atoms with van der Waals surface area (Å²) in [5.41, 5.74) is 5.76. The minimum absolute atomic E-state index is 0.106. The molecule has 2 aromatic rings. The SMILES string of the molecule is CC(=O)OCCN(CCOC(C)=O)c1ccc(/C=C2\CC/C(=C\c3ccc(C)cc3)C2=O)cc1. The molecule has 2 aromatic carbocycles. The Bertz CT molecular complexity index is 1060. The monoisotopic (exact) mass is 461 g/mol. The molecule has 6 heteroatoms. The minimum atomic E-state index is -0.334. The van der Waals surface area contributed by atoms with Crippen LogP contribution in [0, 0.1) is 6.92 Å². The maximum Gasteiger partial charge on any atom is 0.302 e. The Morgan fingerprint density at radius 3 is 1.68 bits per heavy atom. The molecule has 1 fully saturated rings. The van der Waals surface area contributed by atoms with Crippen LogP contribution in [0.5, 0.6) is 0 Å². The van der Waals surface area contributed by atoms with E-state index in [1.54, 1.807) is 0 Å². The van der Waals surface area contributed by atoms with Gasteiger partial charge in [0.1, 0.15) is 13.2 Å². The number of ketones is 1. The van der Waals surface area contributed by atoms with Gasteiger partial charge in [-0.3, -0.25) is 14.4 Å². The zero-order valence-corrected chi connectivity index (χ0v) is 20.0. The van der Waals surface area contributed by atoms with Crippen molar-refractivity contribution in [1.29, 1.82) is 0 Å². The number of Topliss-reactive ketones (excluding diaryl/α,β-unsaturated/α-hetero) is 1. The van der Waals surface area contributed by atoms with E-state index in [1.807, 2.05) is 72.5 Å². The smallest absolute Gasteiger partial charge is 0.302 e. The zero-order chi connectivity index (χ0) is 24.5. The molecule has 0 spiro atoms. The molecule has 0 heterocycles. The van der Waals surface area contributed by atoms with E-state index in [4.69, 9.17) is 9.47 Å². The third-order valence-electron chi connectivity index (χ3n) is 5.60. The fourth-order valence-corrected chi connectivity index (χ4v) is 3.79. The van der Waals surface area contributed by atoms with E-state index >= 15 is 0 Å². The molecule has 0 atom stereocenters. The number of esters is 2. The van der Waals surface area contributed by atoms with Crippen LogP contribution in [0.15, 0.2) is 59.7 Å². The van der Waals surface area contributed by atoms with Crippen LogP contribution < -0.4 is 4.90 Å². The Hall–Kier alpha value is -3.67. The van der Waals surface area contributed by atoms with Crippen molar-refractivity contribution in [2.45, 2.75) is 33.6 Å². The molecule has 6 nitrogen and oxygen atoms in total. The van der Waals surface area contributed by atoms with Crippen LogP contribution in [0.25, 0.3) is 12.2 Å². The summed E-state index contributed by atoms with van der Waals surface area (Å²) in [4.78, 5) is 37.1. The highest BCUT2D eigenvalue weighted by Gasteiger charge is 2.23. The number of rotatable bonds is 9. The number of allylic oxidation sites excluding steroid dienone is 2.